The van der Waals surface area contributed by atoms with Gasteiger partial charge >= 0.3 is 0 Å². The van der Waals surface area contributed by atoms with E-state index in [0.717, 1.165) is 0 Å². The van der Waals surface area contributed by atoms with E-state index in [1.807, 2.05) is 0 Å². The Balaban J connectivity index is 2.61. The molecule has 1 rings (SSSR count). The first-order valence-electron chi connectivity index (χ1n) is 2.84. The molecule has 0 amide bonds. The molecule has 1 aliphatic rings. The van der Waals surface area contributed by atoms with Gasteiger partial charge in [0, 0.05) is 10.3 Å². The van der Waals surface area contributed by atoms with Crippen molar-refractivity contribution < 1.29 is 0 Å². The predicted molar refractivity (Wildman–Crippen MR) is 44.9 cm³/mol. The number of hydrogen-bond acceptors (Lipinski definition) is 2. The minimum absolute atomic E-state index is 0.289. The highest BCUT2D eigenvalue weighted by Gasteiger charge is 2.21. The average Bonchev–Trinajstić information content (AvgIpc) is 2.08. The summed E-state index contributed by atoms with van der Waals surface area (Å²) >= 11 is 3.13. The summed E-state index contributed by atoms with van der Waals surface area (Å²) in [5.41, 5.74) is 0.289. The fraction of sp³-hybridized carbons (Fsp3) is 0.667. The van der Waals surface area contributed by atoms with E-state index in [1.54, 1.807) is 11.9 Å². The molecule has 1 nitrogen and oxygen atoms in total. The zero-order valence-corrected chi connectivity index (χ0v) is 7.47. The van der Waals surface area contributed by atoms with Gasteiger partial charge in [0.15, 0.2) is 0 Å². The van der Waals surface area contributed by atoms with Crippen LogP contribution < -0.4 is 4.13 Å². The van der Waals surface area contributed by atoms with E-state index in [2.05, 4.69) is 30.3 Å². The van der Waals surface area contributed by atoms with E-state index in [9.17, 15) is 0 Å². The molecule has 0 atom stereocenters. The zero-order valence-electron chi connectivity index (χ0n) is 5.84. The quantitative estimate of drug-likeness (QED) is 0.506. The maximum absolute atomic E-state index is 4.07. The van der Waals surface area contributed by atoms with Crippen molar-refractivity contribution in [3.63, 3.8) is 0 Å². The van der Waals surface area contributed by atoms with Crippen LogP contribution in [0.3, 0.4) is 0 Å². The Morgan fingerprint density at radius 1 is 1.44 bits per heavy atom. The van der Waals surface area contributed by atoms with Crippen LogP contribution in [0.2, 0.25) is 0 Å². The van der Waals surface area contributed by atoms with Gasteiger partial charge in [-0.15, -0.1) is 0 Å². The second-order valence-electron chi connectivity index (χ2n) is 3.00. The molecule has 0 bridgehead atoms. The van der Waals surface area contributed by atoms with Crippen molar-refractivity contribution in [1.82, 2.24) is 4.13 Å². The van der Waals surface area contributed by atoms with Crippen LogP contribution in [0.15, 0.2) is 10.3 Å². The molecule has 0 fully saturated rings. The lowest BCUT2D eigenvalue weighted by Crippen LogP contribution is -2.04. The Labute approximate surface area is 64.9 Å². The lowest BCUT2D eigenvalue weighted by Gasteiger charge is -2.17. The van der Waals surface area contributed by atoms with Crippen LogP contribution in [-0.4, -0.2) is 0 Å². The van der Waals surface area contributed by atoms with Gasteiger partial charge in [-0.2, -0.15) is 0 Å². The Bertz CT molecular complexity index is 134. The molecule has 0 aliphatic carbocycles. The van der Waals surface area contributed by atoms with Gasteiger partial charge < -0.3 is 0 Å². The van der Waals surface area contributed by atoms with E-state index in [-0.39, 0.29) is 5.41 Å². The summed E-state index contributed by atoms with van der Waals surface area (Å²) in [5.74, 6) is 0. The number of nitrogens with zero attached hydrogens (tertiary/aromatic N) is 1. The van der Waals surface area contributed by atoms with Gasteiger partial charge in [0.25, 0.3) is 0 Å². The summed E-state index contributed by atoms with van der Waals surface area (Å²) in [6.45, 7) is 6.60. The van der Waals surface area contributed by atoms with Crippen molar-refractivity contribution in [3.8, 4) is 0 Å². The Morgan fingerprint density at radius 3 is 2.33 bits per heavy atom. The first-order valence-corrected chi connectivity index (χ1v) is 4.45. The summed E-state index contributed by atoms with van der Waals surface area (Å²) in [4.78, 5) is 1.37. The summed E-state index contributed by atoms with van der Waals surface area (Å²) in [6, 6.07) is 0. The topological polar surface area (TPSA) is 14.1 Å². The highest BCUT2D eigenvalue weighted by molar-refractivity contribution is 8.18. The Kier molecular flexibility index (Phi) is 2.14. The van der Waals surface area contributed by atoms with Crippen LogP contribution in [-0.2, 0) is 0 Å². The van der Waals surface area contributed by atoms with Crippen molar-refractivity contribution >= 4 is 23.9 Å². The number of allylic oxidation sites excluding steroid dienone is 1. The molecule has 1 aliphatic heterocycles. The molecule has 0 saturated heterocycles. The van der Waals surface area contributed by atoms with Crippen LogP contribution in [0.25, 0.3) is 0 Å². The normalized spacial score (nSPS) is 20.1. The molecule has 0 spiro atoms. The third kappa shape index (κ3) is 1.92. The summed E-state index contributed by atoms with van der Waals surface area (Å²) in [6.07, 6.45) is 0. The highest BCUT2D eigenvalue weighted by atomic mass is 32.2. The third-order valence-corrected chi connectivity index (χ3v) is 3.14. The lowest BCUT2D eigenvalue weighted by molar-refractivity contribution is 0.535. The fourth-order valence-corrected chi connectivity index (χ4v) is 2.16. The van der Waals surface area contributed by atoms with E-state index in [4.69, 9.17) is 0 Å². The van der Waals surface area contributed by atoms with Crippen molar-refractivity contribution in [3.05, 3.63) is 10.3 Å². The second kappa shape index (κ2) is 2.56. The molecular formula is C6H10NS2. The van der Waals surface area contributed by atoms with Gasteiger partial charge in [-0.25, -0.2) is 0 Å². The Morgan fingerprint density at radius 2 is 2.11 bits per heavy atom. The number of rotatable bonds is 0. The van der Waals surface area contributed by atoms with Gasteiger partial charge in [0.05, 0.1) is 0 Å². The third-order valence-electron chi connectivity index (χ3n) is 1.08. The van der Waals surface area contributed by atoms with Gasteiger partial charge in [-0.05, 0) is 29.3 Å². The maximum atomic E-state index is 4.07. The molecule has 1 radical (unpaired) electrons. The summed E-state index contributed by atoms with van der Waals surface area (Å²) in [5, 5.41) is 2.12. The molecule has 0 aromatic rings. The zero-order chi connectivity index (χ0) is 6.91. The minimum Gasteiger partial charge on any atom is -0.0977 e. The second-order valence-corrected chi connectivity index (χ2v) is 4.67. The van der Waals surface area contributed by atoms with E-state index in [0.29, 0.717) is 0 Å². The van der Waals surface area contributed by atoms with Gasteiger partial charge in [0.1, 0.15) is 0 Å². The Hall–Kier alpha value is 0.400. The van der Waals surface area contributed by atoms with Crippen LogP contribution in [0.1, 0.15) is 20.8 Å². The largest absolute Gasteiger partial charge is 0.0977 e. The van der Waals surface area contributed by atoms with E-state index in [1.165, 1.54) is 16.9 Å². The van der Waals surface area contributed by atoms with Crippen LogP contribution >= 0.6 is 23.9 Å². The van der Waals surface area contributed by atoms with Crippen molar-refractivity contribution in [1.29, 1.82) is 0 Å². The monoisotopic (exact) mass is 160 g/mol. The fourth-order valence-electron chi connectivity index (χ4n) is 0.466. The standard InChI is InChI=1S/C6H10NS2/c1-6(2,3)5-4-8-7-9-5/h4H,1-3H3. The first-order chi connectivity index (χ1) is 4.11. The molecule has 0 aromatic heterocycles. The molecule has 0 N–H and O–H groups in total. The number of hydrogen-bond donors (Lipinski definition) is 0. The lowest BCUT2D eigenvalue weighted by atomic mass is 9.97. The first kappa shape index (κ1) is 7.51. The van der Waals surface area contributed by atoms with Crippen molar-refractivity contribution in [2.24, 2.45) is 5.41 Å². The average molecular weight is 160 g/mol. The highest BCUT2D eigenvalue weighted by Crippen LogP contribution is 2.40. The van der Waals surface area contributed by atoms with Gasteiger partial charge in [0.2, 0.25) is 0 Å². The van der Waals surface area contributed by atoms with E-state index >= 15 is 0 Å². The SMILES string of the molecule is CC(C)(C)C1=CS[N]S1. The van der Waals surface area contributed by atoms with E-state index < -0.39 is 0 Å². The van der Waals surface area contributed by atoms with Crippen LogP contribution in [0.4, 0.5) is 0 Å². The molecule has 0 aromatic carbocycles. The van der Waals surface area contributed by atoms with Crippen LogP contribution in [0, 0.1) is 5.41 Å². The molecule has 1 heterocycles. The molecular weight excluding hydrogens is 150 g/mol. The molecule has 3 heteroatoms. The predicted octanol–water partition coefficient (Wildman–Crippen LogP) is 2.79. The van der Waals surface area contributed by atoms with Crippen molar-refractivity contribution in [2.75, 3.05) is 0 Å². The molecule has 51 valence electrons. The summed E-state index contributed by atoms with van der Waals surface area (Å²) < 4.78 is 4.07. The maximum Gasteiger partial charge on any atom is 0.0159 e. The smallest absolute Gasteiger partial charge is 0.0159 e. The van der Waals surface area contributed by atoms with Gasteiger partial charge in [-0.3, -0.25) is 0 Å². The van der Waals surface area contributed by atoms with Crippen molar-refractivity contribution in [2.45, 2.75) is 20.8 Å². The molecule has 0 saturated carbocycles. The van der Waals surface area contributed by atoms with Gasteiger partial charge in [-0.1, -0.05) is 24.9 Å². The van der Waals surface area contributed by atoms with Crippen LogP contribution in [0.5, 0.6) is 0 Å². The molecule has 9 heavy (non-hydrogen) atoms. The summed E-state index contributed by atoms with van der Waals surface area (Å²) in [7, 11) is 0. The minimum atomic E-state index is 0.289. The molecule has 0 unspecified atom stereocenters.